The number of aromatic nitrogens is 1. The number of rotatable bonds is 1. The Morgan fingerprint density at radius 1 is 1.29 bits per heavy atom. The molecule has 8 heteroatoms. The Labute approximate surface area is 77.3 Å². The molecule has 1 rings (SSSR count). The third-order valence-corrected chi connectivity index (χ3v) is 1.46. The zero-order chi connectivity index (χ0) is 10.9. The summed E-state index contributed by atoms with van der Waals surface area (Å²) in [5.41, 5.74) is 3.47. The molecule has 14 heavy (non-hydrogen) atoms. The van der Waals surface area contributed by atoms with Crippen LogP contribution in [0, 0.1) is 0 Å². The SMILES string of the molecule is Nc1cc(C(F)(F)F)cc(B(O)O)n1. The molecule has 0 saturated heterocycles. The zero-order valence-electron chi connectivity index (χ0n) is 6.78. The van der Waals surface area contributed by atoms with Crippen LogP contribution in [0.1, 0.15) is 5.56 Å². The van der Waals surface area contributed by atoms with Crippen LogP contribution in [0.5, 0.6) is 0 Å². The summed E-state index contributed by atoms with van der Waals surface area (Å²) < 4.78 is 36.5. The number of pyridine rings is 1. The molecule has 1 aromatic rings. The fourth-order valence-corrected chi connectivity index (χ4v) is 0.870. The molecule has 0 aromatic carbocycles. The maximum absolute atomic E-state index is 12.2. The molecule has 0 saturated carbocycles. The van der Waals surface area contributed by atoms with E-state index in [1.54, 1.807) is 0 Å². The highest BCUT2D eigenvalue weighted by atomic mass is 19.4. The van der Waals surface area contributed by atoms with E-state index in [-0.39, 0.29) is 0 Å². The van der Waals surface area contributed by atoms with Gasteiger partial charge in [-0.3, -0.25) is 0 Å². The van der Waals surface area contributed by atoms with Crippen LogP contribution in [0.15, 0.2) is 12.1 Å². The molecule has 0 fully saturated rings. The van der Waals surface area contributed by atoms with E-state index in [9.17, 15) is 13.2 Å². The molecule has 0 bridgehead atoms. The van der Waals surface area contributed by atoms with Gasteiger partial charge in [0.1, 0.15) is 5.82 Å². The van der Waals surface area contributed by atoms with Gasteiger partial charge < -0.3 is 15.8 Å². The molecule has 1 aromatic heterocycles. The summed E-state index contributed by atoms with van der Waals surface area (Å²) in [6.45, 7) is 0. The van der Waals surface area contributed by atoms with Crippen molar-refractivity contribution in [3.63, 3.8) is 0 Å². The van der Waals surface area contributed by atoms with Gasteiger partial charge in [0.15, 0.2) is 0 Å². The van der Waals surface area contributed by atoms with Gasteiger partial charge >= 0.3 is 13.3 Å². The number of hydrogen-bond acceptors (Lipinski definition) is 4. The zero-order valence-corrected chi connectivity index (χ0v) is 6.78. The third-order valence-electron chi connectivity index (χ3n) is 1.46. The van der Waals surface area contributed by atoms with Gasteiger partial charge in [-0.1, -0.05) is 0 Å². The van der Waals surface area contributed by atoms with Crippen molar-refractivity contribution < 1.29 is 23.2 Å². The first kappa shape index (κ1) is 10.8. The first-order valence-electron chi connectivity index (χ1n) is 3.51. The lowest BCUT2D eigenvalue weighted by Gasteiger charge is -2.08. The molecule has 0 atom stereocenters. The Hall–Kier alpha value is -1.28. The molecule has 4 N–H and O–H groups in total. The fraction of sp³-hybridized carbons (Fsp3) is 0.167. The van der Waals surface area contributed by atoms with Gasteiger partial charge in [-0.25, -0.2) is 4.98 Å². The number of hydrogen-bond donors (Lipinski definition) is 3. The molecule has 0 aliphatic rings. The topological polar surface area (TPSA) is 79.4 Å². The third kappa shape index (κ3) is 2.36. The largest absolute Gasteiger partial charge is 0.508 e. The van der Waals surface area contributed by atoms with E-state index in [1.165, 1.54) is 0 Å². The Balaban J connectivity index is 3.21. The summed E-state index contributed by atoms with van der Waals surface area (Å²) in [7, 11) is -2.07. The normalized spacial score (nSPS) is 11.5. The molecule has 4 nitrogen and oxygen atoms in total. The van der Waals surface area contributed by atoms with Crippen molar-refractivity contribution >= 4 is 18.5 Å². The van der Waals surface area contributed by atoms with Crippen LogP contribution in [-0.2, 0) is 6.18 Å². The van der Waals surface area contributed by atoms with Crippen molar-refractivity contribution in [3.05, 3.63) is 17.7 Å². The lowest BCUT2D eigenvalue weighted by molar-refractivity contribution is -0.137. The molecular weight excluding hydrogens is 200 g/mol. The minimum Gasteiger partial charge on any atom is -0.422 e. The highest BCUT2D eigenvalue weighted by Gasteiger charge is 2.32. The Kier molecular flexibility index (Phi) is 2.67. The maximum atomic E-state index is 12.2. The van der Waals surface area contributed by atoms with Crippen LogP contribution in [-0.4, -0.2) is 22.2 Å². The Morgan fingerprint density at radius 2 is 1.86 bits per heavy atom. The summed E-state index contributed by atoms with van der Waals surface area (Å²) in [4.78, 5) is 3.32. The van der Waals surface area contributed by atoms with Crippen LogP contribution < -0.4 is 11.3 Å². The Morgan fingerprint density at radius 3 is 2.29 bits per heavy atom. The molecule has 1 heterocycles. The quantitative estimate of drug-likeness (QED) is 0.534. The summed E-state index contributed by atoms with van der Waals surface area (Å²) in [5, 5.41) is 17.2. The summed E-state index contributed by atoms with van der Waals surface area (Å²) in [6, 6.07) is 1.15. The van der Waals surface area contributed by atoms with E-state index in [0.29, 0.717) is 12.1 Å². The van der Waals surface area contributed by atoms with Gasteiger partial charge in [0.2, 0.25) is 0 Å². The van der Waals surface area contributed by atoms with Crippen LogP contribution in [0.3, 0.4) is 0 Å². The number of halogens is 3. The Bertz CT molecular complexity index is 342. The van der Waals surface area contributed by atoms with Crippen molar-refractivity contribution in [2.24, 2.45) is 0 Å². The van der Waals surface area contributed by atoms with Crippen molar-refractivity contribution in [3.8, 4) is 0 Å². The fourth-order valence-electron chi connectivity index (χ4n) is 0.870. The first-order valence-corrected chi connectivity index (χ1v) is 3.51. The van der Waals surface area contributed by atoms with Crippen molar-refractivity contribution in [1.82, 2.24) is 4.98 Å². The molecule has 0 unspecified atom stereocenters. The maximum Gasteiger partial charge on any atom is 0.508 e. The lowest BCUT2D eigenvalue weighted by Crippen LogP contribution is -2.34. The van der Waals surface area contributed by atoms with Gasteiger partial charge in [-0.15, -0.1) is 0 Å². The van der Waals surface area contributed by atoms with Crippen molar-refractivity contribution in [2.75, 3.05) is 5.73 Å². The number of anilines is 1. The minimum atomic E-state index is -4.58. The summed E-state index contributed by atoms with van der Waals surface area (Å²) in [5.74, 6) is -0.414. The average Bonchev–Trinajstić information content (AvgIpc) is 2.01. The van der Waals surface area contributed by atoms with Crippen LogP contribution in [0.2, 0.25) is 0 Å². The van der Waals surface area contributed by atoms with Gasteiger partial charge in [0.25, 0.3) is 0 Å². The highest BCUT2D eigenvalue weighted by molar-refractivity contribution is 6.57. The molecular formula is C6H6BF3N2O2. The van der Waals surface area contributed by atoms with Crippen LogP contribution in [0.25, 0.3) is 0 Å². The van der Waals surface area contributed by atoms with E-state index < -0.39 is 30.3 Å². The first-order chi connectivity index (χ1) is 6.30. The van der Waals surface area contributed by atoms with Gasteiger partial charge in [0.05, 0.1) is 11.2 Å². The van der Waals surface area contributed by atoms with E-state index in [4.69, 9.17) is 15.8 Å². The average molecular weight is 206 g/mol. The second-order valence-corrected chi connectivity index (χ2v) is 2.58. The van der Waals surface area contributed by atoms with Crippen LogP contribution in [0.4, 0.5) is 19.0 Å². The predicted octanol–water partition coefficient (Wildman–Crippen LogP) is -0.638. The van der Waals surface area contributed by atoms with E-state index >= 15 is 0 Å². The van der Waals surface area contributed by atoms with Gasteiger partial charge in [-0.2, -0.15) is 13.2 Å². The minimum absolute atomic E-state index is 0.414. The molecule has 0 radical (unpaired) electrons. The van der Waals surface area contributed by atoms with Gasteiger partial charge in [-0.05, 0) is 12.1 Å². The molecule has 0 spiro atoms. The number of alkyl halides is 3. The number of nitrogen functional groups attached to an aromatic ring is 1. The molecule has 76 valence electrons. The van der Waals surface area contributed by atoms with Crippen molar-refractivity contribution in [2.45, 2.75) is 6.18 Å². The second kappa shape index (κ2) is 3.47. The highest BCUT2D eigenvalue weighted by Crippen LogP contribution is 2.28. The standard InChI is InChI=1S/C6H6BF3N2O2/c8-6(9,10)3-1-4(7(13)14)12-5(11)2-3/h1-2,13-14H,(H2,11,12). The summed E-state index contributed by atoms with van der Waals surface area (Å²) in [6.07, 6.45) is -4.58. The molecule has 0 aliphatic carbocycles. The monoisotopic (exact) mass is 206 g/mol. The van der Waals surface area contributed by atoms with Crippen molar-refractivity contribution in [1.29, 1.82) is 0 Å². The van der Waals surface area contributed by atoms with Crippen LogP contribution >= 0.6 is 0 Å². The second-order valence-electron chi connectivity index (χ2n) is 2.58. The number of nitrogens with zero attached hydrogens (tertiary/aromatic N) is 1. The van der Waals surface area contributed by atoms with E-state index in [2.05, 4.69) is 4.98 Å². The predicted molar refractivity (Wildman–Crippen MR) is 43.5 cm³/mol. The summed E-state index contributed by atoms with van der Waals surface area (Å²) >= 11 is 0. The van der Waals surface area contributed by atoms with E-state index in [0.717, 1.165) is 0 Å². The smallest absolute Gasteiger partial charge is 0.422 e. The number of nitrogens with two attached hydrogens (primary N) is 1. The lowest BCUT2D eigenvalue weighted by atomic mass is 9.85. The van der Waals surface area contributed by atoms with E-state index in [1.807, 2.05) is 0 Å². The molecule has 0 amide bonds. The van der Waals surface area contributed by atoms with Gasteiger partial charge in [0, 0.05) is 0 Å². The molecule has 0 aliphatic heterocycles.